The Bertz CT molecular complexity index is 638. The molecular weight excluding hydrogens is 314 g/mol. The molecule has 0 fully saturated rings. The van der Waals surface area contributed by atoms with Crippen LogP contribution in [0.2, 0.25) is 0 Å². The van der Waals surface area contributed by atoms with E-state index in [0.29, 0.717) is 23.3 Å². The van der Waals surface area contributed by atoms with E-state index < -0.39 is 17.1 Å². The Morgan fingerprint density at radius 2 is 2.00 bits per heavy atom. The second kappa shape index (κ2) is 5.97. The maximum absolute atomic E-state index is 11.4. The fourth-order valence-electron chi connectivity index (χ4n) is 1.73. The van der Waals surface area contributed by atoms with Crippen molar-refractivity contribution < 1.29 is 14.9 Å². The van der Waals surface area contributed by atoms with Gasteiger partial charge >= 0.3 is 0 Å². The number of fused-ring (bicyclic) bond motifs is 1. The van der Waals surface area contributed by atoms with E-state index in [4.69, 9.17) is 4.74 Å². The summed E-state index contributed by atoms with van der Waals surface area (Å²) in [5, 5.41) is 20.3. The SMILES string of the molecule is O=c1[nH]c2cc(OCCCCBr)ccc2c(O)c1O. The summed E-state index contributed by atoms with van der Waals surface area (Å²) >= 11 is 3.34. The molecule has 2 aromatic rings. The van der Waals surface area contributed by atoms with E-state index in [1.165, 1.54) is 0 Å². The Kier molecular flexibility index (Phi) is 4.31. The summed E-state index contributed by atoms with van der Waals surface area (Å²) in [6, 6.07) is 4.91. The largest absolute Gasteiger partial charge is 0.504 e. The van der Waals surface area contributed by atoms with Crippen molar-refractivity contribution in [2.24, 2.45) is 0 Å². The fraction of sp³-hybridized carbons (Fsp3) is 0.308. The summed E-state index contributed by atoms with van der Waals surface area (Å²) in [7, 11) is 0. The molecule has 3 N–H and O–H groups in total. The van der Waals surface area contributed by atoms with Gasteiger partial charge in [-0.05, 0) is 25.0 Å². The Morgan fingerprint density at radius 1 is 1.21 bits per heavy atom. The third-order valence-electron chi connectivity index (χ3n) is 2.73. The summed E-state index contributed by atoms with van der Waals surface area (Å²) in [6.07, 6.45) is 1.96. The van der Waals surface area contributed by atoms with Crippen LogP contribution in [0.25, 0.3) is 10.9 Å². The van der Waals surface area contributed by atoms with Gasteiger partial charge in [-0.3, -0.25) is 4.79 Å². The van der Waals surface area contributed by atoms with Crippen molar-refractivity contribution in [3.05, 3.63) is 28.6 Å². The smallest absolute Gasteiger partial charge is 0.294 e. The van der Waals surface area contributed by atoms with Gasteiger partial charge < -0.3 is 19.9 Å². The molecule has 2 rings (SSSR count). The van der Waals surface area contributed by atoms with Crippen molar-refractivity contribution in [3.8, 4) is 17.2 Å². The molecule has 5 nitrogen and oxygen atoms in total. The van der Waals surface area contributed by atoms with Crippen LogP contribution < -0.4 is 10.3 Å². The van der Waals surface area contributed by atoms with Gasteiger partial charge in [0, 0.05) is 16.8 Å². The molecular formula is C13H14BrNO4. The van der Waals surface area contributed by atoms with Gasteiger partial charge in [-0.15, -0.1) is 0 Å². The zero-order valence-electron chi connectivity index (χ0n) is 10.1. The fourth-order valence-corrected chi connectivity index (χ4v) is 2.12. The van der Waals surface area contributed by atoms with Crippen LogP contribution in [-0.2, 0) is 0 Å². The predicted octanol–water partition coefficient (Wildman–Crippen LogP) is 2.49. The molecule has 0 aliphatic rings. The van der Waals surface area contributed by atoms with Gasteiger partial charge in [-0.2, -0.15) is 0 Å². The van der Waals surface area contributed by atoms with Crippen molar-refractivity contribution in [1.29, 1.82) is 0 Å². The second-order valence-electron chi connectivity index (χ2n) is 4.10. The molecule has 6 heteroatoms. The minimum atomic E-state index is -0.721. The average Bonchev–Trinajstić information content (AvgIpc) is 2.41. The number of ether oxygens (including phenoxy) is 1. The van der Waals surface area contributed by atoms with Crippen molar-refractivity contribution in [2.45, 2.75) is 12.8 Å². The number of alkyl halides is 1. The first kappa shape index (κ1) is 13.7. The molecule has 0 saturated heterocycles. The van der Waals surface area contributed by atoms with Crippen LogP contribution >= 0.6 is 15.9 Å². The topological polar surface area (TPSA) is 82.6 Å². The zero-order chi connectivity index (χ0) is 13.8. The van der Waals surface area contributed by atoms with E-state index in [9.17, 15) is 15.0 Å². The minimum absolute atomic E-state index is 0.380. The highest BCUT2D eigenvalue weighted by Gasteiger charge is 2.10. The highest BCUT2D eigenvalue weighted by molar-refractivity contribution is 9.09. The first-order chi connectivity index (χ1) is 9.13. The molecule has 0 aliphatic carbocycles. The molecule has 1 heterocycles. The third kappa shape index (κ3) is 3.01. The van der Waals surface area contributed by atoms with Crippen molar-refractivity contribution >= 4 is 26.8 Å². The van der Waals surface area contributed by atoms with Crippen LogP contribution in [-0.4, -0.2) is 27.1 Å². The summed E-state index contributed by atoms with van der Waals surface area (Å²) in [5.41, 5.74) is -0.292. The standard InChI is InChI=1S/C13H14BrNO4/c14-5-1-2-6-19-8-3-4-9-10(7-8)15-13(18)12(17)11(9)16/h3-4,7,17H,1-2,5-6H2,(H2,15,16,18). The number of hydrogen-bond donors (Lipinski definition) is 3. The van der Waals surface area contributed by atoms with Crippen molar-refractivity contribution in [3.63, 3.8) is 0 Å². The van der Waals surface area contributed by atoms with Crippen molar-refractivity contribution in [1.82, 2.24) is 4.98 Å². The van der Waals surface area contributed by atoms with E-state index in [0.717, 1.165) is 18.2 Å². The molecule has 0 unspecified atom stereocenters. The number of halogens is 1. The Balaban J connectivity index is 2.26. The van der Waals surface area contributed by atoms with Crippen LogP contribution in [0.5, 0.6) is 17.2 Å². The molecule has 0 spiro atoms. The summed E-state index contributed by atoms with van der Waals surface area (Å²) in [4.78, 5) is 13.8. The molecule has 1 aromatic heterocycles. The van der Waals surface area contributed by atoms with Gasteiger partial charge in [-0.1, -0.05) is 15.9 Å². The van der Waals surface area contributed by atoms with E-state index in [2.05, 4.69) is 20.9 Å². The Hall–Kier alpha value is -1.69. The van der Waals surface area contributed by atoms with Gasteiger partial charge in [-0.25, -0.2) is 0 Å². The highest BCUT2D eigenvalue weighted by atomic mass is 79.9. The molecule has 102 valence electrons. The second-order valence-corrected chi connectivity index (χ2v) is 4.90. The number of H-pyrrole nitrogens is 1. The van der Waals surface area contributed by atoms with Gasteiger partial charge in [0.15, 0.2) is 5.75 Å². The predicted molar refractivity (Wildman–Crippen MR) is 76.4 cm³/mol. The third-order valence-corrected chi connectivity index (χ3v) is 3.29. The number of aromatic hydroxyl groups is 2. The van der Waals surface area contributed by atoms with Gasteiger partial charge in [0.2, 0.25) is 5.75 Å². The van der Waals surface area contributed by atoms with Crippen LogP contribution in [0.4, 0.5) is 0 Å². The molecule has 19 heavy (non-hydrogen) atoms. The van der Waals surface area contributed by atoms with Crippen molar-refractivity contribution in [2.75, 3.05) is 11.9 Å². The monoisotopic (exact) mass is 327 g/mol. The summed E-state index contributed by atoms with van der Waals surface area (Å²) in [6.45, 7) is 0.589. The molecule has 0 aliphatic heterocycles. The van der Waals surface area contributed by atoms with Crippen LogP contribution in [0, 0.1) is 0 Å². The lowest BCUT2D eigenvalue weighted by atomic mass is 10.2. The number of rotatable bonds is 5. The lowest BCUT2D eigenvalue weighted by molar-refractivity contribution is 0.310. The van der Waals surface area contributed by atoms with Gasteiger partial charge in [0.25, 0.3) is 5.56 Å². The normalized spacial score (nSPS) is 10.8. The number of pyridine rings is 1. The van der Waals surface area contributed by atoms with Crippen LogP contribution in [0.1, 0.15) is 12.8 Å². The first-order valence-corrected chi connectivity index (χ1v) is 7.02. The van der Waals surface area contributed by atoms with Gasteiger partial charge in [0.1, 0.15) is 5.75 Å². The number of nitrogens with one attached hydrogen (secondary N) is 1. The maximum Gasteiger partial charge on any atom is 0.294 e. The highest BCUT2D eigenvalue weighted by Crippen LogP contribution is 2.30. The first-order valence-electron chi connectivity index (χ1n) is 5.90. The molecule has 1 aromatic carbocycles. The number of aromatic nitrogens is 1. The average molecular weight is 328 g/mol. The molecule has 0 bridgehead atoms. The lowest BCUT2D eigenvalue weighted by Gasteiger charge is -2.08. The molecule has 0 atom stereocenters. The maximum atomic E-state index is 11.4. The van der Waals surface area contributed by atoms with Crippen LogP contribution in [0.15, 0.2) is 23.0 Å². The van der Waals surface area contributed by atoms with E-state index >= 15 is 0 Å². The number of benzene rings is 1. The number of hydrogen-bond acceptors (Lipinski definition) is 4. The lowest BCUT2D eigenvalue weighted by Crippen LogP contribution is -2.05. The summed E-state index contributed by atoms with van der Waals surface area (Å²) in [5.74, 6) is -0.467. The summed E-state index contributed by atoms with van der Waals surface area (Å²) < 4.78 is 5.54. The molecule has 0 saturated carbocycles. The Morgan fingerprint density at radius 3 is 2.74 bits per heavy atom. The quantitative estimate of drug-likeness (QED) is 0.582. The Labute approximate surface area is 118 Å². The zero-order valence-corrected chi connectivity index (χ0v) is 11.7. The van der Waals surface area contributed by atoms with Crippen LogP contribution in [0.3, 0.4) is 0 Å². The number of unbranched alkanes of at least 4 members (excludes halogenated alkanes) is 1. The molecule has 0 amide bonds. The van der Waals surface area contributed by atoms with E-state index in [1.807, 2.05) is 0 Å². The van der Waals surface area contributed by atoms with E-state index in [-0.39, 0.29) is 0 Å². The minimum Gasteiger partial charge on any atom is -0.504 e. The van der Waals surface area contributed by atoms with E-state index in [1.54, 1.807) is 18.2 Å². The number of aromatic amines is 1. The van der Waals surface area contributed by atoms with Gasteiger partial charge in [0.05, 0.1) is 12.1 Å². The molecule has 0 radical (unpaired) electrons.